The number of nitrogens with one attached hydrogen (secondary N) is 1. The molecular formula is C30H27F6N3O4. The molecule has 0 fully saturated rings. The van der Waals surface area contributed by atoms with E-state index in [1.165, 1.54) is 25.3 Å². The van der Waals surface area contributed by atoms with Crippen molar-refractivity contribution in [3.63, 3.8) is 0 Å². The molecule has 0 bridgehead atoms. The van der Waals surface area contributed by atoms with Crippen molar-refractivity contribution in [2.75, 3.05) is 27.4 Å². The number of aromatic nitrogens is 2. The highest BCUT2D eigenvalue weighted by Crippen LogP contribution is 2.44. The molecule has 228 valence electrons. The minimum atomic E-state index is -4.81. The zero-order chi connectivity index (χ0) is 31.5. The molecule has 7 nitrogen and oxygen atoms in total. The van der Waals surface area contributed by atoms with Crippen molar-refractivity contribution in [2.24, 2.45) is 0 Å². The second-order valence-electron chi connectivity index (χ2n) is 9.66. The molecule has 0 saturated heterocycles. The van der Waals surface area contributed by atoms with Gasteiger partial charge in [0.1, 0.15) is 28.6 Å². The van der Waals surface area contributed by atoms with Gasteiger partial charge in [-0.05, 0) is 36.4 Å². The summed E-state index contributed by atoms with van der Waals surface area (Å²) < 4.78 is 93.3. The first-order valence-corrected chi connectivity index (χ1v) is 12.9. The molecule has 1 aliphatic heterocycles. The number of halogens is 6. The summed E-state index contributed by atoms with van der Waals surface area (Å²) in [5.74, 6) is -2.73. The number of alkyl halides is 6. The second kappa shape index (κ2) is 12.5. The van der Waals surface area contributed by atoms with E-state index in [0.717, 1.165) is 31.4 Å². The molecule has 13 heteroatoms. The van der Waals surface area contributed by atoms with E-state index in [1.807, 2.05) is 0 Å². The fraction of sp³-hybridized carbons (Fsp3) is 0.300. The van der Waals surface area contributed by atoms with Crippen LogP contribution in [0.5, 0.6) is 11.5 Å². The van der Waals surface area contributed by atoms with Gasteiger partial charge in [-0.3, -0.25) is 9.78 Å². The summed E-state index contributed by atoms with van der Waals surface area (Å²) in [7, 11) is 2.39. The van der Waals surface area contributed by atoms with Gasteiger partial charge in [-0.2, -0.15) is 26.3 Å². The van der Waals surface area contributed by atoms with E-state index in [0.29, 0.717) is 16.5 Å². The molecule has 1 aliphatic rings. The van der Waals surface area contributed by atoms with Crippen molar-refractivity contribution in [3.05, 3.63) is 83.2 Å². The van der Waals surface area contributed by atoms with Gasteiger partial charge in [0.15, 0.2) is 0 Å². The molecule has 1 amide bonds. The van der Waals surface area contributed by atoms with E-state index >= 15 is 0 Å². The highest BCUT2D eigenvalue weighted by Gasteiger charge is 2.43. The highest BCUT2D eigenvalue weighted by molar-refractivity contribution is 5.99. The number of ether oxygens (including phenoxy) is 2. The Morgan fingerprint density at radius 2 is 1.79 bits per heavy atom. The molecule has 2 atom stereocenters. The van der Waals surface area contributed by atoms with E-state index in [4.69, 9.17) is 14.6 Å². The van der Waals surface area contributed by atoms with Crippen LogP contribution >= 0.6 is 0 Å². The molecule has 2 aromatic carbocycles. The molecule has 0 spiro atoms. The van der Waals surface area contributed by atoms with Crippen molar-refractivity contribution < 1.29 is 45.7 Å². The second-order valence-corrected chi connectivity index (χ2v) is 9.66. The number of benzene rings is 2. The van der Waals surface area contributed by atoms with E-state index in [-0.39, 0.29) is 46.5 Å². The average molecular weight is 608 g/mol. The SMILES string of the molecule is CO.COc1cc(C(=O)NCC(c2cc3c(c(-c4ccc(C(F)(F)F)cc4)n2)OCC3C)C(F)(F)F)cc2cccnc12. The number of aliphatic hydroxyl groups is 1. The number of carbonyl (C=O) groups is 1. The Bertz CT molecular complexity index is 1610. The molecule has 0 aliphatic carbocycles. The van der Waals surface area contributed by atoms with Gasteiger partial charge < -0.3 is 19.9 Å². The van der Waals surface area contributed by atoms with Crippen LogP contribution in [0.3, 0.4) is 0 Å². The van der Waals surface area contributed by atoms with Crippen LogP contribution in [0, 0.1) is 0 Å². The predicted octanol–water partition coefficient (Wildman–Crippen LogP) is 6.50. The monoisotopic (exact) mass is 607 g/mol. The molecule has 5 rings (SSSR count). The first-order chi connectivity index (χ1) is 20.4. The lowest BCUT2D eigenvalue weighted by Crippen LogP contribution is -2.35. The quantitative estimate of drug-likeness (QED) is 0.243. The number of rotatable bonds is 6. The number of pyridine rings is 2. The summed E-state index contributed by atoms with van der Waals surface area (Å²) in [5, 5.41) is 9.92. The molecule has 2 unspecified atom stereocenters. The third kappa shape index (κ3) is 6.66. The molecule has 43 heavy (non-hydrogen) atoms. The maximum Gasteiger partial charge on any atom is 0.416 e. The summed E-state index contributed by atoms with van der Waals surface area (Å²) in [5.41, 5.74) is -0.0801. The Balaban J connectivity index is 0.00000207. The number of aliphatic hydroxyl groups excluding tert-OH is 1. The third-order valence-corrected chi connectivity index (χ3v) is 6.89. The standard InChI is InChI=1S/C29H23F6N3O3.CH4O/c1-15-14-41-26-20(15)12-22(38-25(26)16-5-7-19(8-6-16)28(30,31)32)21(29(33,34)35)13-37-27(39)18-10-17-4-3-9-36-24(17)23(11-18)40-2;1-2/h3-12,15,21H,13-14H2,1-2H3,(H,37,39);2H,1H3. The number of hydrogen-bond donors (Lipinski definition) is 2. The van der Waals surface area contributed by atoms with E-state index in [2.05, 4.69) is 15.3 Å². The molecule has 2 aromatic heterocycles. The topological polar surface area (TPSA) is 93.6 Å². The predicted molar refractivity (Wildman–Crippen MR) is 146 cm³/mol. The van der Waals surface area contributed by atoms with Gasteiger partial charge in [0, 0.05) is 47.8 Å². The van der Waals surface area contributed by atoms with Crippen molar-refractivity contribution in [1.29, 1.82) is 0 Å². The Hall–Kier alpha value is -4.39. The van der Waals surface area contributed by atoms with Crippen LogP contribution in [-0.4, -0.2) is 54.5 Å². The molecule has 3 heterocycles. The number of hydrogen-bond acceptors (Lipinski definition) is 6. The van der Waals surface area contributed by atoms with E-state index in [9.17, 15) is 31.1 Å². The van der Waals surface area contributed by atoms with Gasteiger partial charge in [0.25, 0.3) is 5.91 Å². The zero-order valence-electron chi connectivity index (χ0n) is 23.2. The lowest BCUT2D eigenvalue weighted by molar-refractivity contribution is -0.149. The molecular weight excluding hydrogens is 580 g/mol. The number of fused-ring (bicyclic) bond motifs is 2. The Labute approximate surface area is 242 Å². The van der Waals surface area contributed by atoms with Gasteiger partial charge in [0.2, 0.25) is 0 Å². The maximum absolute atomic E-state index is 14.4. The zero-order valence-corrected chi connectivity index (χ0v) is 23.2. The van der Waals surface area contributed by atoms with Crippen LogP contribution in [-0.2, 0) is 6.18 Å². The maximum atomic E-state index is 14.4. The van der Waals surface area contributed by atoms with Gasteiger partial charge in [0.05, 0.1) is 25.0 Å². The van der Waals surface area contributed by atoms with Crippen LogP contribution in [0.4, 0.5) is 26.3 Å². The first-order valence-electron chi connectivity index (χ1n) is 12.9. The average Bonchev–Trinajstić information content (AvgIpc) is 3.36. The van der Waals surface area contributed by atoms with Crippen molar-refractivity contribution in [3.8, 4) is 22.8 Å². The molecule has 2 N–H and O–H groups in total. The number of amides is 1. The normalized spacial score (nSPS) is 15.2. The number of carbonyl (C=O) groups excluding carboxylic acids is 1. The number of methoxy groups -OCH3 is 1. The molecule has 4 aromatic rings. The summed E-state index contributed by atoms with van der Waals surface area (Å²) in [6.45, 7) is 1.11. The molecule has 0 radical (unpaired) electrons. The van der Waals surface area contributed by atoms with Crippen LogP contribution in [0.1, 0.15) is 45.9 Å². The fourth-order valence-electron chi connectivity index (χ4n) is 4.71. The minimum absolute atomic E-state index is 0.00270. The van der Waals surface area contributed by atoms with Crippen molar-refractivity contribution >= 4 is 16.8 Å². The van der Waals surface area contributed by atoms with Crippen molar-refractivity contribution in [2.45, 2.75) is 31.1 Å². The van der Waals surface area contributed by atoms with Gasteiger partial charge >= 0.3 is 12.4 Å². The summed E-state index contributed by atoms with van der Waals surface area (Å²) in [4.78, 5) is 21.4. The van der Waals surface area contributed by atoms with Gasteiger partial charge in [-0.25, -0.2) is 4.98 Å². The highest BCUT2D eigenvalue weighted by atomic mass is 19.4. The van der Waals surface area contributed by atoms with E-state index in [1.54, 1.807) is 25.3 Å². The Morgan fingerprint density at radius 3 is 2.42 bits per heavy atom. The lowest BCUT2D eigenvalue weighted by Gasteiger charge is -2.22. The lowest BCUT2D eigenvalue weighted by atomic mass is 9.95. The summed E-state index contributed by atoms with van der Waals surface area (Å²) in [6, 6.07) is 11.5. The van der Waals surface area contributed by atoms with Crippen LogP contribution in [0.15, 0.2) is 60.8 Å². The molecule has 0 saturated carbocycles. The largest absolute Gasteiger partial charge is 0.494 e. The van der Waals surface area contributed by atoms with Gasteiger partial charge in [-0.1, -0.05) is 25.1 Å². The Morgan fingerprint density at radius 1 is 1.09 bits per heavy atom. The van der Waals surface area contributed by atoms with Crippen LogP contribution in [0.2, 0.25) is 0 Å². The third-order valence-electron chi connectivity index (χ3n) is 6.89. The summed E-state index contributed by atoms with van der Waals surface area (Å²) >= 11 is 0. The minimum Gasteiger partial charge on any atom is -0.494 e. The van der Waals surface area contributed by atoms with Gasteiger partial charge in [-0.15, -0.1) is 0 Å². The van der Waals surface area contributed by atoms with Crippen LogP contribution < -0.4 is 14.8 Å². The van der Waals surface area contributed by atoms with Crippen molar-refractivity contribution in [1.82, 2.24) is 15.3 Å². The Kier molecular flexibility index (Phi) is 9.14. The summed E-state index contributed by atoms with van der Waals surface area (Å²) in [6.07, 6.45) is -7.83. The van der Waals surface area contributed by atoms with E-state index < -0.39 is 36.3 Å². The fourth-order valence-corrected chi connectivity index (χ4v) is 4.71. The number of nitrogens with zero attached hydrogens (tertiary/aromatic N) is 2. The smallest absolute Gasteiger partial charge is 0.416 e. The first kappa shape index (κ1) is 31.5. The van der Waals surface area contributed by atoms with Crippen LogP contribution in [0.25, 0.3) is 22.2 Å².